The van der Waals surface area contributed by atoms with Gasteiger partial charge in [-0.15, -0.1) is 0 Å². The quantitative estimate of drug-likeness (QED) is 0.388. The molecule has 0 aromatic heterocycles. The molecule has 1 fully saturated rings. The van der Waals surface area contributed by atoms with Gasteiger partial charge in [0.2, 0.25) is 0 Å². The van der Waals surface area contributed by atoms with Crippen LogP contribution in [0.1, 0.15) is 0 Å². The van der Waals surface area contributed by atoms with Crippen LogP contribution >= 0.6 is 52.9 Å². The Balaban J connectivity index is 1.77. The molecule has 0 radical (unpaired) electrons. The molecule has 1 aliphatic heterocycles. The van der Waals surface area contributed by atoms with Crippen LogP contribution in [-0.4, -0.2) is 33.8 Å². The second-order valence-electron chi connectivity index (χ2n) is 5.22. The molecule has 2 aromatic rings. The fraction of sp³-hybridized carbons (Fsp3) is 0.235. The van der Waals surface area contributed by atoms with Crippen molar-refractivity contribution in [1.82, 2.24) is 3.11 Å². The summed E-state index contributed by atoms with van der Waals surface area (Å²) in [5.74, 6) is 0. The lowest BCUT2D eigenvalue weighted by Crippen LogP contribution is -2.42. The largest absolute Gasteiger partial charge is 0.369 e. The maximum atomic E-state index is 4.08. The molecule has 0 amide bonds. The third-order valence-electron chi connectivity index (χ3n) is 3.82. The predicted octanol–water partition coefficient (Wildman–Crippen LogP) is 5.32. The van der Waals surface area contributed by atoms with Crippen molar-refractivity contribution in [2.45, 2.75) is 0 Å². The zero-order valence-electron chi connectivity index (χ0n) is 12.1. The average molecular weight is 536 g/mol. The molecular weight excluding hydrogens is 519 g/mol. The first-order valence-corrected chi connectivity index (χ1v) is 11.2. The minimum Gasteiger partial charge on any atom is -0.369 e. The summed E-state index contributed by atoms with van der Waals surface area (Å²) in [6.07, 6.45) is 0. The molecule has 2 aromatic carbocycles. The third kappa shape index (κ3) is 3.99. The van der Waals surface area contributed by atoms with Gasteiger partial charge < -0.3 is 4.90 Å². The van der Waals surface area contributed by atoms with Gasteiger partial charge in [0.15, 0.2) is 0 Å². The fourth-order valence-electron chi connectivity index (χ4n) is 2.64. The second kappa shape index (κ2) is 7.55. The second-order valence-corrected chi connectivity index (χ2v) is 9.10. The Morgan fingerprint density at radius 3 is 1.95 bits per heavy atom. The minimum atomic E-state index is 0.00195. The molecule has 0 N–H and O–H groups in total. The molecule has 0 saturated carbocycles. The lowest BCUT2D eigenvalue weighted by Gasteiger charge is -2.33. The molecule has 5 heteroatoms. The Kier molecular flexibility index (Phi) is 5.70. The van der Waals surface area contributed by atoms with Crippen LogP contribution in [0, 0.1) is 0 Å². The monoisotopic (exact) mass is 534 g/mol. The lowest BCUT2D eigenvalue weighted by atomic mass is 10.1. The summed E-state index contributed by atoms with van der Waals surface area (Å²) in [6.45, 7) is 4.52. The van der Waals surface area contributed by atoms with E-state index < -0.39 is 0 Å². The zero-order chi connectivity index (χ0) is 15.5. The molecule has 116 valence electrons. The standard InChI is InChI=1S/C17H17Br2IN2/c1-20-22-8-6-21(7-9-22)17-4-2-13(3-5-17)14-10-15(18)12-16(19)11-14/h2-5,10-12H,1,6-9H2. The molecule has 3 rings (SSSR count). The van der Waals surface area contributed by atoms with Crippen LogP contribution in [-0.2, 0) is 0 Å². The van der Waals surface area contributed by atoms with E-state index in [4.69, 9.17) is 0 Å². The van der Waals surface area contributed by atoms with Crippen molar-refractivity contribution < 1.29 is 0 Å². The van der Waals surface area contributed by atoms with Crippen LogP contribution in [0.25, 0.3) is 11.1 Å². The van der Waals surface area contributed by atoms with Gasteiger partial charge in [0.25, 0.3) is 0 Å². The van der Waals surface area contributed by atoms with E-state index in [-0.39, 0.29) is 21.0 Å². The van der Waals surface area contributed by atoms with Gasteiger partial charge in [-0.05, 0) is 62.5 Å². The van der Waals surface area contributed by atoms with Crippen molar-refractivity contribution in [3.05, 3.63) is 51.4 Å². The summed E-state index contributed by atoms with van der Waals surface area (Å²) in [5, 5.41) is 0. The minimum absolute atomic E-state index is 0.00195. The maximum absolute atomic E-state index is 4.08. The van der Waals surface area contributed by atoms with E-state index in [1.54, 1.807) is 0 Å². The highest BCUT2D eigenvalue weighted by Crippen LogP contribution is 2.29. The van der Waals surface area contributed by atoms with Crippen molar-refractivity contribution in [2.24, 2.45) is 0 Å². The van der Waals surface area contributed by atoms with E-state index in [1.165, 1.54) is 16.8 Å². The van der Waals surface area contributed by atoms with Gasteiger partial charge in [0.05, 0.1) is 0 Å². The molecule has 1 saturated heterocycles. The molecule has 1 heterocycles. The van der Waals surface area contributed by atoms with Gasteiger partial charge >= 0.3 is 0 Å². The number of anilines is 1. The summed E-state index contributed by atoms with van der Waals surface area (Å²) in [7, 11) is 0. The highest BCUT2D eigenvalue weighted by molar-refractivity contribution is 14.2. The molecule has 1 aliphatic rings. The highest BCUT2D eigenvalue weighted by atomic mass is 127. The van der Waals surface area contributed by atoms with E-state index in [0.717, 1.165) is 35.1 Å². The van der Waals surface area contributed by atoms with Crippen LogP contribution in [0.2, 0.25) is 0 Å². The van der Waals surface area contributed by atoms with Gasteiger partial charge in [0.1, 0.15) is 0 Å². The normalized spacial score (nSPS) is 16.0. The topological polar surface area (TPSA) is 6.48 Å². The Morgan fingerprint density at radius 1 is 0.818 bits per heavy atom. The molecule has 0 bridgehead atoms. The van der Waals surface area contributed by atoms with E-state index in [2.05, 4.69) is 86.9 Å². The van der Waals surface area contributed by atoms with Crippen molar-refractivity contribution in [1.29, 1.82) is 0 Å². The fourth-order valence-corrected chi connectivity index (χ4v) is 5.05. The van der Waals surface area contributed by atoms with E-state index >= 15 is 0 Å². The maximum Gasteiger partial charge on any atom is 0.0367 e. The first kappa shape index (κ1) is 16.6. The summed E-state index contributed by atoms with van der Waals surface area (Å²) in [4.78, 5) is 2.47. The number of benzene rings is 2. The first-order chi connectivity index (χ1) is 10.7. The summed E-state index contributed by atoms with van der Waals surface area (Å²) in [6, 6.07) is 15.3. The number of nitrogens with zero attached hydrogens (tertiary/aromatic N) is 2. The summed E-state index contributed by atoms with van der Waals surface area (Å²) in [5.41, 5.74) is 3.78. The van der Waals surface area contributed by atoms with Gasteiger partial charge in [-0.25, -0.2) is 3.11 Å². The van der Waals surface area contributed by atoms with Crippen molar-refractivity contribution >= 4 is 63.1 Å². The summed E-state index contributed by atoms with van der Waals surface area (Å²) < 4.78 is 8.76. The van der Waals surface area contributed by atoms with Crippen LogP contribution in [0.15, 0.2) is 51.4 Å². The molecule has 2 nitrogen and oxygen atoms in total. The van der Waals surface area contributed by atoms with Crippen molar-refractivity contribution in [3.63, 3.8) is 0 Å². The number of hydrogen-bond donors (Lipinski definition) is 0. The number of hydrogen-bond acceptors (Lipinski definition) is 2. The smallest absolute Gasteiger partial charge is 0.0367 e. The number of halogens is 3. The van der Waals surface area contributed by atoms with Gasteiger partial charge in [-0.2, -0.15) is 0 Å². The van der Waals surface area contributed by atoms with Crippen LogP contribution in [0.3, 0.4) is 0 Å². The third-order valence-corrected chi connectivity index (χ3v) is 6.67. The summed E-state index contributed by atoms with van der Waals surface area (Å²) >= 11 is 7.11. The average Bonchev–Trinajstić information content (AvgIpc) is 2.54. The van der Waals surface area contributed by atoms with Crippen molar-refractivity contribution in [3.8, 4) is 11.1 Å². The van der Waals surface area contributed by atoms with Gasteiger partial charge in [-0.3, -0.25) is 0 Å². The molecule has 0 spiro atoms. The lowest BCUT2D eigenvalue weighted by molar-refractivity contribution is 0.460. The van der Waals surface area contributed by atoms with Crippen LogP contribution in [0.5, 0.6) is 0 Å². The Hall–Kier alpha value is -0.240. The molecule has 0 unspecified atom stereocenters. The number of rotatable bonds is 3. The molecule has 22 heavy (non-hydrogen) atoms. The Morgan fingerprint density at radius 2 is 1.41 bits per heavy atom. The van der Waals surface area contributed by atoms with Gasteiger partial charge in [-0.1, -0.05) is 48.5 Å². The highest BCUT2D eigenvalue weighted by Gasteiger charge is 2.15. The molecular formula is C17H17Br2IN2. The van der Waals surface area contributed by atoms with Gasteiger partial charge in [0, 0.05) is 40.8 Å². The molecule has 0 atom stereocenters. The van der Waals surface area contributed by atoms with Crippen molar-refractivity contribution in [2.75, 3.05) is 31.1 Å². The van der Waals surface area contributed by atoms with E-state index in [9.17, 15) is 0 Å². The van der Waals surface area contributed by atoms with Crippen LogP contribution < -0.4 is 4.90 Å². The Bertz CT molecular complexity index is 645. The first-order valence-electron chi connectivity index (χ1n) is 7.11. The molecule has 0 aliphatic carbocycles. The number of piperazine rings is 1. The zero-order valence-corrected chi connectivity index (χ0v) is 17.4. The van der Waals surface area contributed by atoms with E-state index in [0.29, 0.717) is 0 Å². The SMILES string of the molecule is C=IN1CCN(c2ccc(-c3cc(Br)cc(Br)c3)cc2)CC1. The predicted molar refractivity (Wildman–Crippen MR) is 112 cm³/mol. The van der Waals surface area contributed by atoms with Crippen LogP contribution in [0.4, 0.5) is 5.69 Å². The Labute approximate surface area is 158 Å². The van der Waals surface area contributed by atoms with E-state index in [1.807, 2.05) is 0 Å².